The first kappa shape index (κ1) is 9.52. The van der Waals surface area contributed by atoms with Crippen LogP contribution in [0.4, 0.5) is 5.82 Å². The number of nitrogens with zero attached hydrogens (tertiary/aromatic N) is 3. The van der Waals surface area contributed by atoms with Crippen LogP contribution >= 0.6 is 11.6 Å². The van der Waals surface area contributed by atoms with E-state index in [1.54, 1.807) is 6.07 Å². The highest BCUT2D eigenvalue weighted by Gasteiger charge is 2.42. The predicted molar refractivity (Wildman–Crippen MR) is 55.9 cm³/mol. The van der Waals surface area contributed by atoms with Gasteiger partial charge in [-0.1, -0.05) is 11.6 Å². The number of likely N-dealkylation sites (N-methyl/N-ethyl adjacent to an activating group) is 1. The standard InChI is InChI=1S/C9H12ClN3O/c1-9(2)7(10)13-6(12(9)3)4-5-11-8(13)14/h4-5,7H,1-3H3. The van der Waals surface area contributed by atoms with Crippen molar-refractivity contribution in [2.24, 2.45) is 0 Å². The van der Waals surface area contributed by atoms with Crippen molar-refractivity contribution in [3.8, 4) is 0 Å². The summed E-state index contributed by atoms with van der Waals surface area (Å²) in [5.41, 5.74) is -0.930. The van der Waals surface area contributed by atoms with Gasteiger partial charge in [0, 0.05) is 13.2 Å². The maximum absolute atomic E-state index is 11.5. The van der Waals surface area contributed by atoms with Gasteiger partial charge in [0.2, 0.25) is 0 Å². The molecular weight excluding hydrogens is 202 g/mol. The molecule has 0 amide bonds. The Bertz CT molecular complexity index is 426. The minimum atomic E-state index is -0.372. The van der Waals surface area contributed by atoms with Crippen LogP contribution in [0.1, 0.15) is 19.3 Å². The summed E-state index contributed by atoms with van der Waals surface area (Å²) in [4.78, 5) is 17.2. The van der Waals surface area contributed by atoms with Crippen LogP contribution in [0, 0.1) is 0 Å². The van der Waals surface area contributed by atoms with Gasteiger partial charge in [-0.15, -0.1) is 0 Å². The van der Waals surface area contributed by atoms with E-state index < -0.39 is 0 Å². The zero-order valence-electron chi connectivity index (χ0n) is 8.36. The van der Waals surface area contributed by atoms with E-state index in [0.717, 1.165) is 5.82 Å². The largest absolute Gasteiger partial charge is 0.352 e. The Kier molecular flexibility index (Phi) is 1.86. The van der Waals surface area contributed by atoms with E-state index in [1.807, 2.05) is 25.8 Å². The van der Waals surface area contributed by atoms with Gasteiger partial charge in [-0.25, -0.2) is 9.78 Å². The van der Waals surface area contributed by atoms with E-state index in [-0.39, 0.29) is 16.7 Å². The number of rotatable bonds is 0. The molecule has 0 saturated heterocycles. The Labute approximate surface area is 87.1 Å². The topological polar surface area (TPSA) is 38.1 Å². The van der Waals surface area contributed by atoms with Gasteiger partial charge in [0.15, 0.2) is 0 Å². The summed E-state index contributed by atoms with van der Waals surface area (Å²) in [5, 5.41) is 0. The first-order valence-corrected chi connectivity index (χ1v) is 4.85. The normalized spacial score (nSPS) is 23.7. The van der Waals surface area contributed by atoms with Gasteiger partial charge in [-0.05, 0) is 19.9 Å². The number of aromatic nitrogens is 2. The quantitative estimate of drug-likeness (QED) is 0.608. The second kappa shape index (κ2) is 2.73. The van der Waals surface area contributed by atoms with Crippen molar-refractivity contribution in [1.29, 1.82) is 0 Å². The molecule has 5 heteroatoms. The SMILES string of the molecule is CN1c2ccnc(=O)n2C(Cl)C1(C)C. The Morgan fingerprint density at radius 3 is 2.79 bits per heavy atom. The second-order valence-corrected chi connectivity index (χ2v) is 4.42. The summed E-state index contributed by atoms with van der Waals surface area (Å²) in [6, 6.07) is 1.80. The summed E-state index contributed by atoms with van der Waals surface area (Å²) in [6.07, 6.45) is 1.51. The summed E-state index contributed by atoms with van der Waals surface area (Å²) < 4.78 is 1.52. The highest BCUT2D eigenvalue weighted by molar-refractivity contribution is 6.20. The van der Waals surface area contributed by atoms with Crippen LogP contribution < -0.4 is 10.6 Å². The van der Waals surface area contributed by atoms with Gasteiger partial charge in [0.1, 0.15) is 11.3 Å². The first-order chi connectivity index (χ1) is 6.46. The lowest BCUT2D eigenvalue weighted by Gasteiger charge is -2.30. The molecule has 2 rings (SSSR count). The number of fused-ring (bicyclic) bond motifs is 1. The number of halogens is 1. The minimum Gasteiger partial charge on any atom is -0.352 e. The monoisotopic (exact) mass is 213 g/mol. The summed E-state index contributed by atoms with van der Waals surface area (Å²) in [5.74, 6) is 0.815. The molecule has 0 spiro atoms. The third-order valence-electron chi connectivity index (χ3n) is 2.88. The fraction of sp³-hybridized carbons (Fsp3) is 0.556. The third kappa shape index (κ3) is 1.00. The van der Waals surface area contributed by atoms with Crippen LogP contribution in [-0.4, -0.2) is 22.1 Å². The molecule has 14 heavy (non-hydrogen) atoms. The zero-order chi connectivity index (χ0) is 10.5. The molecule has 4 nitrogen and oxygen atoms in total. The third-order valence-corrected chi connectivity index (χ3v) is 3.61. The molecule has 1 aromatic rings. The molecule has 1 unspecified atom stereocenters. The van der Waals surface area contributed by atoms with Crippen LogP contribution in [0.2, 0.25) is 0 Å². The van der Waals surface area contributed by atoms with E-state index in [2.05, 4.69) is 4.98 Å². The van der Waals surface area contributed by atoms with Crippen molar-refractivity contribution in [1.82, 2.24) is 9.55 Å². The molecule has 0 aliphatic carbocycles. The number of hydrogen-bond donors (Lipinski definition) is 0. The molecule has 1 aliphatic heterocycles. The molecule has 1 atom stereocenters. The second-order valence-electron chi connectivity index (χ2n) is 4.00. The van der Waals surface area contributed by atoms with Gasteiger partial charge >= 0.3 is 5.69 Å². The van der Waals surface area contributed by atoms with E-state index in [1.165, 1.54) is 10.8 Å². The minimum absolute atomic E-state index is 0.267. The van der Waals surface area contributed by atoms with Gasteiger partial charge in [-0.3, -0.25) is 4.57 Å². The summed E-state index contributed by atoms with van der Waals surface area (Å²) in [6.45, 7) is 3.99. The van der Waals surface area contributed by atoms with Gasteiger partial charge < -0.3 is 4.90 Å². The molecule has 2 heterocycles. The fourth-order valence-corrected chi connectivity index (χ4v) is 2.00. The number of anilines is 1. The molecular formula is C9H12ClN3O. The average molecular weight is 214 g/mol. The zero-order valence-corrected chi connectivity index (χ0v) is 9.12. The Balaban J connectivity index is 2.71. The lowest BCUT2D eigenvalue weighted by atomic mass is 10.1. The van der Waals surface area contributed by atoms with Crippen LogP contribution in [0.15, 0.2) is 17.1 Å². The molecule has 1 aromatic heterocycles. The molecule has 0 radical (unpaired) electrons. The lowest BCUT2D eigenvalue weighted by molar-refractivity contribution is 0.446. The maximum Gasteiger partial charge on any atom is 0.350 e. The van der Waals surface area contributed by atoms with Crippen molar-refractivity contribution in [2.75, 3.05) is 11.9 Å². The fourth-order valence-electron chi connectivity index (χ4n) is 1.67. The molecule has 0 bridgehead atoms. The first-order valence-electron chi connectivity index (χ1n) is 4.41. The Morgan fingerprint density at radius 2 is 2.21 bits per heavy atom. The molecule has 0 aromatic carbocycles. The van der Waals surface area contributed by atoms with Gasteiger partial charge in [-0.2, -0.15) is 0 Å². The van der Waals surface area contributed by atoms with Crippen LogP contribution in [0.3, 0.4) is 0 Å². The maximum atomic E-state index is 11.5. The summed E-state index contributed by atoms with van der Waals surface area (Å²) >= 11 is 6.22. The Morgan fingerprint density at radius 1 is 1.57 bits per heavy atom. The van der Waals surface area contributed by atoms with Crippen molar-refractivity contribution >= 4 is 17.4 Å². The van der Waals surface area contributed by atoms with E-state index in [9.17, 15) is 4.79 Å². The van der Waals surface area contributed by atoms with Crippen molar-refractivity contribution in [2.45, 2.75) is 24.9 Å². The van der Waals surface area contributed by atoms with Crippen LogP contribution in [0.5, 0.6) is 0 Å². The molecule has 0 N–H and O–H groups in total. The average Bonchev–Trinajstić information content (AvgIpc) is 2.30. The van der Waals surface area contributed by atoms with Crippen molar-refractivity contribution < 1.29 is 0 Å². The highest BCUT2D eigenvalue weighted by Crippen LogP contribution is 2.41. The summed E-state index contributed by atoms with van der Waals surface area (Å²) in [7, 11) is 1.92. The molecule has 0 saturated carbocycles. The number of alkyl halides is 1. The van der Waals surface area contributed by atoms with Crippen LogP contribution in [-0.2, 0) is 0 Å². The van der Waals surface area contributed by atoms with Crippen LogP contribution in [0.25, 0.3) is 0 Å². The smallest absolute Gasteiger partial charge is 0.350 e. The van der Waals surface area contributed by atoms with E-state index in [4.69, 9.17) is 11.6 Å². The van der Waals surface area contributed by atoms with Crippen molar-refractivity contribution in [3.05, 3.63) is 22.7 Å². The highest BCUT2D eigenvalue weighted by atomic mass is 35.5. The predicted octanol–water partition coefficient (Wildman–Crippen LogP) is 1.21. The molecule has 1 aliphatic rings. The van der Waals surface area contributed by atoms with E-state index in [0.29, 0.717) is 0 Å². The Hall–Kier alpha value is -1.03. The number of hydrogen-bond acceptors (Lipinski definition) is 3. The molecule has 0 fully saturated rings. The molecule has 76 valence electrons. The van der Waals surface area contributed by atoms with Crippen molar-refractivity contribution in [3.63, 3.8) is 0 Å². The van der Waals surface area contributed by atoms with Gasteiger partial charge in [0.05, 0.1) is 5.54 Å². The van der Waals surface area contributed by atoms with Gasteiger partial charge in [0.25, 0.3) is 0 Å². The lowest BCUT2D eigenvalue weighted by Crippen LogP contribution is -2.40. The van der Waals surface area contributed by atoms with E-state index >= 15 is 0 Å².